The van der Waals surface area contributed by atoms with Crippen LogP contribution in [0.5, 0.6) is 0 Å². The van der Waals surface area contributed by atoms with Gasteiger partial charge < -0.3 is 9.62 Å². The Kier molecular flexibility index (Phi) is 0.958. The minimum atomic E-state index is 0.227. The fraction of sp³-hybridized carbons (Fsp3) is 0.400. The van der Waals surface area contributed by atoms with E-state index >= 15 is 0 Å². The van der Waals surface area contributed by atoms with Crippen molar-refractivity contribution in [2.45, 2.75) is 11.8 Å². The molecular formula is C5H6N2OS. The van der Waals surface area contributed by atoms with Gasteiger partial charge in [-0.15, -0.1) is 0 Å². The summed E-state index contributed by atoms with van der Waals surface area (Å²) in [6.07, 6.45) is 4.24. The van der Waals surface area contributed by atoms with E-state index in [1.165, 1.54) is 0 Å². The lowest BCUT2D eigenvalue weighted by Gasteiger charge is -2.38. The molecule has 2 aliphatic rings. The third-order valence-electron chi connectivity index (χ3n) is 1.45. The van der Waals surface area contributed by atoms with Crippen molar-refractivity contribution in [2.75, 3.05) is 0 Å². The summed E-state index contributed by atoms with van der Waals surface area (Å²) in [6.45, 7) is 0. The number of rotatable bonds is 0. The largest absolute Gasteiger partial charge is 0.333 e. The Morgan fingerprint density at radius 2 is 2.78 bits per heavy atom. The standard InChI is InChI=1S/C5H6N2OS/c8-4-3-5-7(4)2-1-6-9-5/h1-2,5-6H,3H2/t5-/m1/s1. The molecule has 0 radical (unpaired) electrons. The van der Waals surface area contributed by atoms with Crippen molar-refractivity contribution in [1.29, 1.82) is 0 Å². The van der Waals surface area contributed by atoms with Gasteiger partial charge in [0.15, 0.2) is 0 Å². The summed E-state index contributed by atoms with van der Waals surface area (Å²) < 4.78 is 2.98. The van der Waals surface area contributed by atoms with Crippen molar-refractivity contribution in [1.82, 2.24) is 9.62 Å². The number of β-lactam (4-membered cyclic amide) rings is 1. The molecule has 0 bridgehead atoms. The van der Waals surface area contributed by atoms with E-state index in [0.29, 0.717) is 11.8 Å². The monoisotopic (exact) mass is 142 g/mol. The first kappa shape index (κ1) is 5.17. The summed E-state index contributed by atoms with van der Waals surface area (Å²) >= 11 is 1.58. The minimum Gasteiger partial charge on any atom is -0.333 e. The van der Waals surface area contributed by atoms with Gasteiger partial charge in [-0.25, -0.2) is 0 Å². The van der Waals surface area contributed by atoms with Crippen LogP contribution in [0.3, 0.4) is 0 Å². The number of carbonyl (C=O) groups is 1. The van der Waals surface area contributed by atoms with Crippen LogP contribution in [0, 0.1) is 0 Å². The molecule has 2 heterocycles. The third-order valence-corrected chi connectivity index (χ3v) is 2.39. The van der Waals surface area contributed by atoms with Crippen molar-refractivity contribution in [3.05, 3.63) is 12.4 Å². The predicted molar refractivity (Wildman–Crippen MR) is 35.1 cm³/mol. The van der Waals surface area contributed by atoms with Crippen LogP contribution in [0.1, 0.15) is 6.42 Å². The van der Waals surface area contributed by atoms with Crippen LogP contribution in [-0.4, -0.2) is 16.2 Å². The molecule has 1 N–H and O–H groups in total. The van der Waals surface area contributed by atoms with Gasteiger partial charge in [0.25, 0.3) is 0 Å². The van der Waals surface area contributed by atoms with Gasteiger partial charge in [-0.3, -0.25) is 4.79 Å². The second-order valence-corrected chi connectivity index (χ2v) is 3.03. The molecule has 9 heavy (non-hydrogen) atoms. The van der Waals surface area contributed by atoms with Crippen LogP contribution in [-0.2, 0) is 4.79 Å². The molecule has 0 aromatic heterocycles. The van der Waals surface area contributed by atoms with Gasteiger partial charge in [0, 0.05) is 12.4 Å². The van der Waals surface area contributed by atoms with E-state index in [9.17, 15) is 4.79 Å². The van der Waals surface area contributed by atoms with E-state index in [1.807, 2.05) is 0 Å². The number of amides is 1. The molecule has 0 aromatic carbocycles. The first-order chi connectivity index (χ1) is 4.38. The third kappa shape index (κ3) is 0.627. The Morgan fingerprint density at radius 1 is 1.89 bits per heavy atom. The maximum absolute atomic E-state index is 10.7. The SMILES string of the molecule is O=C1C[C@H]2SNC=CN12. The Labute approximate surface area is 57.2 Å². The number of carbonyl (C=O) groups excluding carboxylic acids is 1. The molecule has 0 spiro atoms. The van der Waals surface area contributed by atoms with E-state index in [4.69, 9.17) is 0 Å². The second kappa shape index (κ2) is 1.67. The van der Waals surface area contributed by atoms with E-state index < -0.39 is 0 Å². The molecule has 0 aliphatic carbocycles. The number of nitrogens with zero attached hydrogens (tertiary/aromatic N) is 1. The summed E-state index contributed by atoms with van der Waals surface area (Å²) in [4.78, 5) is 12.4. The zero-order valence-electron chi connectivity index (χ0n) is 4.70. The number of hydrogen-bond acceptors (Lipinski definition) is 3. The highest BCUT2D eigenvalue weighted by molar-refractivity contribution is 7.98. The van der Waals surface area contributed by atoms with Crippen molar-refractivity contribution in [3.63, 3.8) is 0 Å². The van der Waals surface area contributed by atoms with Gasteiger partial charge in [0.05, 0.1) is 6.42 Å². The van der Waals surface area contributed by atoms with Crippen LogP contribution >= 0.6 is 11.9 Å². The Balaban J connectivity index is 2.16. The van der Waals surface area contributed by atoms with Crippen molar-refractivity contribution < 1.29 is 4.79 Å². The maximum atomic E-state index is 10.7. The molecule has 3 nitrogen and oxygen atoms in total. The molecule has 1 fully saturated rings. The highest BCUT2D eigenvalue weighted by Crippen LogP contribution is 2.29. The fourth-order valence-corrected chi connectivity index (χ4v) is 1.73. The van der Waals surface area contributed by atoms with E-state index in [-0.39, 0.29) is 5.91 Å². The molecule has 0 saturated carbocycles. The number of hydrogen-bond donors (Lipinski definition) is 1. The first-order valence-electron chi connectivity index (χ1n) is 2.77. The predicted octanol–water partition coefficient (Wildman–Crippen LogP) is 0.267. The smallest absolute Gasteiger partial charge is 0.230 e. The molecular weight excluding hydrogens is 136 g/mol. The molecule has 48 valence electrons. The quantitative estimate of drug-likeness (QED) is 0.389. The average molecular weight is 142 g/mol. The summed E-state index contributed by atoms with van der Waals surface area (Å²) in [5.74, 6) is 0.227. The van der Waals surface area contributed by atoms with Crippen LogP contribution in [0.25, 0.3) is 0 Å². The highest BCUT2D eigenvalue weighted by Gasteiger charge is 2.36. The second-order valence-electron chi connectivity index (χ2n) is 2.01. The van der Waals surface area contributed by atoms with Crippen molar-refractivity contribution >= 4 is 17.9 Å². The lowest BCUT2D eigenvalue weighted by Crippen LogP contribution is -2.49. The van der Waals surface area contributed by atoms with Gasteiger partial charge in [-0.2, -0.15) is 0 Å². The van der Waals surface area contributed by atoms with Gasteiger partial charge >= 0.3 is 0 Å². The lowest BCUT2D eigenvalue weighted by molar-refractivity contribution is -0.137. The summed E-state index contributed by atoms with van der Waals surface area (Å²) in [6, 6.07) is 0. The topological polar surface area (TPSA) is 32.3 Å². The van der Waals surface area contributed by atoms with Gasteiger partial charge in [-0.1, -0.05) is 0 Å². The van der Waals surface area contributed by atoms with Crippen LogP contribution in [0.15, 0.2) is 12.4 Å². The van der Waals surface area contributed by atoms with Crippen LogP contribution < -0.4 is 4.72 Å². The summed E-state index contributed by atoms with van der Waals surface area (Å²) in [5.41, 5.74) is 0. The fourth-order valence-electron chi connectivity index (χ4n) is 0.907. The van der Waals surface area contributed by atoms with E-state index in [2.05, 4.69) is 4.72 Å². The minimum absolute atomic E-state index is 0.227. The van der Waals surface area contributed by atoms with E-state index in [0.717, 1.165) is 0 Å². The Morgan fingerprint density at radius 3 is 3.33 bits per heavy atom. The van der Waals surface area contributed by atoms with Crippen molar-refractivity contribution in [2.24, 2.45) is 0 Å². The van der Waals surface area contributed by atoms with Gasteiger partial charge in [-0.05, 0) is 11.9 Å². The Hall–Kier alpha value is -0.640. The molecule has 0 aromatic rings. The van der Waals surface area contributed by atoms with Crippen LogP contribution in [0.2, 0.25) is 0 Å². The molecule has 1 amide bonds. The van der Waals surface area contributed by atoms with E-state index in [1.54, 1.807) is 29.2 Å². The number of nitrogens with one attached hydrogen (secondary N) is 1. The number of fused-ring (bicyclic) bond motifs is 1. The molecule has 2 aliphatic heterocycles. The molecule has 2 rings (SSSR count). The van der Waals surface area contributed by atoms with Crippen molar-refractivity contribution in [3.8, 4) is 0 Å². The molecule has 1 saturated heterocycles. The molecule has 4 heteroatoms. The zero-order valence-corrected chi connectivity index (χ0v) is 5.52. The molecule has 0 unspecified atom stereocenters. The summed E-state index contributed by atoms with van der Waals surface area (Å²) in [7, 11) is 0. The highest BCUT2D eigenvalue weighted by atomic mass is 32.2. The maximum Gasteiger partial charge on any atom is 0.230 e. The first-order valence-corrected chi connectivity index (χ1v) is 3.65. The van der Waals surface area contributed by atoms with Gasteiger partial charge in [0.1, 0.15) is 5.37 Å². The van der Waals surface area contributed by atoms with Crippen LogP contribution in [0.4, 0.5) is 0 Å². The molecule has 1 atom stereocenters. The normalized spacial score (nSPS) is 30.9. The Bertz CT molecular complexity index is 180. The van der Waals surface area contributed by atoms with Gasteiger partial charge in [0.2, 0.25) is 5.91 Å². The summed E-state index contributed by atoms with van der Waals surface area (Å²) in [5, 5.41) is 0.363. The average Bonchev–Trinajstić information content (AvgIpc) is 1.86. The zero-order chi connectivity index (χ0) is 6.27. The lowest BCUT2D eigenvalue weighted by atomic mass is 10.2.